The maximum atomic E-state index is 12.4. The zero-order chi connectivity index (χ0) is 15.6. The van der Waals surface area contributed by atoms with Crippen LogP contribution in [0.1, 0.15) is 15.9 Å². The first-order valence-electron chi connectivity index (χ1n) is 5.74. The van der Waals surface area contributed by atoms with E-state index >= 15 is 0 Å². The van der Waals surface area contributed by atoms with Gasteiger partial charge in [-0.15, -0.1) is 0 Å². The number of carboxylic acids is 1. The maximum absolute atomic E-state index is 12.4. The summed E-state index contributed by atoms with van der Waals surface area (Å²) >= 11 is 5.72. The van der Waals surface area contributed by atoms with Crippen molar-refractivity contribution < 1.29 is 23.1 Å². The minimum absolute atomic E-state index is 0.0672. The molecule has 0 saturated carbocycles. The van der Waals surface area contributed by atoms with Gasteiger partial charge in [0, 0.05) is 10.7 Å². The van der Waals surface area contributed by atoms with Gasteiger partial charge in [-0.1, -0.05) is 11.6 Å². The molecule has 0 heterocycles. The molecule has 2 aromatic rings. The standard InChI is InChI=1S/C14H9ClF3NO2/c15-9-3-6-12(11(7-9)13(20)21)19-10-4-1-8(2-5-10)14(16,17)18/h1-7,19H,(H,20,21). The van der Waals surface area contributed by atoms with E-state index in [1.807, 2.05) is 0 Å². The normalized spacial score (nSPS) is 11.2. The average molecular weight is 316 g/mol. The Morgan fingerprint density at radius 1 is 1.10 bits per heavy atom. The van der Waals surface area contributed by atoms with E-state index in [0.29, 0.717) is 5.69 Å². The third-order valence-corrected chi connectivity index (χ3v) is 2.94. The number of halogens is 4. The molecule has 0 spiro atoms. The second kappa shape index (κ2) is 5.65. The number of anilines is 2. The molecule has 0 bridgehead atoms. The summed E-state index contributed by atoms with van der Waals surface area (Å²) in [6, 6.07) is 8.48. The summed E-state index contributed by atoms with van der Waals surface area (Å²) < 4.78 is 37.3. The topological polar surface area (TPSA) is 49.3 Å². The van der Waals surface area contributed by atoms with Crippen molar-refractivity contribution in [2.45, 2.75) is 6.18 Å². The van der Waals surface area contributed by atoms with Crippen LogP contribution in [0.15, 0.2) is 42.5 Å². The van der Waals surface area contributed by atoms with Crippen molar-refractivity contribution in [3.8, 4) is 0 Å². The molecule has 2 N–H and O–H groups in total. The molecule has 2 aromatic carbocycles. The molecule has 0 fully saturated rings. The van der Waals surface area contributed by atoms with Gasteiger partial charge in [0.05, 0.1) is 16.8 Å². The van der Waals surface area contributed by atoms with Gasteiger partial charge < -0.3 is 10.4 Å². The Morgan fingerprint density at radius 2 is 1.71 bits per heavy atom. The molecular formula is C14H9ClF3NO2. The summed E-state index contributed by atoms with van der Waals surface area (Å²) in [6.45, 7) is 0. The summed E-state index contributed by atoms with van der Waals surface area (Å²) in [5, 5.41) is 12.1. The third-order valence-electron chi connectivity index (χ3n) is 2.70. The molecule has 0 saturated heterocycles. The predicted molar refractivity (Wildman–Crippen MR) is 73.1 cm³/mol. The van der Waals surface area contributed by atoms with Gasteiger partial charge in [-0.05, 0) is 42.5 Å². The number of carboxylic acid groups (broad SMARTS) is 1. The molecule has 3 nitrogen and oxygen atoms in total. The molecule has 0 amide bonds. The Labute approximate surface area is 123 Å². The SMILES string of the molecule is O=C(O)c1cc(Cl)ccc1Nc1ccc(C(F)(F)F)cc1. The summed E-state index contributed by atoms with van der Waals surface area (Å²) in [5.74, 6) is -1.19. The number of hydrogen-bond donors (Lipinski definition) is 2. The van der Waals surface area contributed by atoms with E-state index in [4.69, 9.17) is 16.7 Å². The Bertz CT molecular complexity index is 669. The molecular weight excluding hydrogens is 307 g/mol. The van der Waals surface area contributed by atoms with E-state index in [-0.39, 0.29) is 16.3 Å². The van der Waals surface area contributed by atoms with E-state index in [2.05, 4.69) is 5.32 Å². The minimum atomic E-state index is -4.41. The average Bonchev–Trinajstić information content (AvgIpc) is 2.40. The largest absolute Gasteiger partial charge is 0.478 e. The highest BCUT2D eigenvalue weighted by Gasteiger charge is 2.29. The zero-order valence-corrected chi connectivity index (χ0v) is 11.2. The quantitative estimate of drug-likeness (QED) is 0.855. The fourth-order valence-corrected chi connectivity index (χ4v) is 1.87. The predicted octanol–water partition coefficient (Wildman–Crippen LogP) is 4.80. The molecule has 0 unspecified atom stereocenters. The summed E-state index contributed by atoms with van der Waals surface area (Å²) in [6.07, 6.45) is -4.41. The van der Waals surface area contributed by atoms with Crippen LogP contribution in [0.5, 0.6) is 0 Å². The van der Waals surface area contributed by atoms with Crippen LogP contribution in [0.4, 0.5) is 24.5 Å². The van der Waals surface area contributed by atoms with Crippen LogP contribution >= 0.6 is 11.6 Å². The molecule has 7 heteroatoms. The molecule has 0 aliphatic heterocycles. The first kappa shape index (κ1) is 15.2. The Hall–Kier alpha value is -2.21. The van der Waals surface area contributed by atoms with Crippen molar-refractivity contribution >= 4 is 28.9 Å². The molecule has 0 aliphatic carbocycles. The number of aromatic carboxylic acids is 1. The van der Waals surface area contributed by atoms with Crippen LogP contribution in [0.25, 0.3) is 0 Å². The van der Waals surface area contributed by atoms with Crippen LogP contribution in [0, 0.1) is 0 Å². The van der Waals surface area contributed by atoms with E-state index in [1.165, 1.54) is 30.3 Å². The van der Waals surface area contributed by atoms with Gasteiger partial charge >= 0.3 is 12.1 Å². The lowest BCUT2D eigenvalue weighted by molar-refractivity contribution is -0.137. The monoisotopic (exact) mass is 315 g/mol. The van der Waals surface area contributed by atoms with Crippen molar-refractivity contribution in [1.29, 1.82) is 0 Å². The van der Waals surface area contributed by atoms with Gasteiger partial charge in [-0.3, -0.25) is 0 Å². The maximum Gasteiger partial charge on any atom is 0.416 e. The fourth-order valence-electron chi connectivity index (χ4n) is 1.70. The van der Waals surface area contributed by atoms with Crippen molar-refractivity contribution in [1.82, 2.24) is 0 Å². The van der Waals surface area contributed by atoms with Crippen molar-refractivity contribution in [2.75, 3.05) is 5.32 Å². The van der Waals surface area contributed by atoms with Gasteiger partial charge in [0.15, 0.2) is 0 Å². The minimum Gasteiger partial charge on any atom is -0.478 e. The van der Waals surface area contributed by atoms with Crippen molar-refractivity contribution in [3.63, 3.8) is 0 Å². The van der Waals surface area contributed by atoms with Gasteiger partial charge in [0.2, 0.25) is 0 Å². The van der Waals surface area contributed by atoms with E-state index in [1.54, 1.807) is 0 Å². The van der Waals surface area contributed by atoms with Crippen LogP contribution in [-0.4, -0.2) is 11.1 Å². The second-order valence-electron chi connectivity index (χ2n) is 4.20. The number of alkyl halides is 3. The highest BCUT2D eigenvalue weighted by molar-refractivity contribution is 6.31. The lowest BCUT2D eigenvalue weighted by Gasteiger charge is -2.11. The van der Waals surface area contributed by atoms with E-state index in [0.717, 1.165) is 12.1 Å². The number of hydrogen-bond acceptors (Lipinski definition) is 2. The Kier molecular flexibility index (Phi) is 4.09. The van der Waals surface area contributed by atoms with Crippen LogP contribution in [0.3, 0.4) is 0 Å². The van der Waals surface area contributed by atoms with Crippen molar-refractivity contribution in [2.24, 2.45) is 0 Å². The smallest absolute Gasteiger partial charge is 0.416 e. The molecule has 21 heavy (non-hydrogen) atoms. The molecule has 0 radical (unpaired) electrons. The number of benzene rings is 2. The molecule has 110 valence electrons. The fraction of sp³-hybridized carbons (Fsp3) is 0.0714. The first-order valence-corrected chi connectivity index (χ1v) is 6.12. The van der Waals surface area contributed by atoms with E-state index < -0.39 is 17.7 Å². The molecule has 2 rings (SSSR count). The van der Waals surface area contributed by atoms with Crippen LogP contribution in [-0.2, 0) is 6.18 Å². The lowest BCUT2D eigenvalue weighted by Crippen LogP contribution is -2.05. The van der Waals surface area contributed by atoms with E-state index in [9.17, 15) is 18.0 Å². The van der Waals surface area contributed by atoms with Gasteiger partial charge in [0.25, 0.3) is 0 Å². The summed E-state index contributed by atoms with van der Waals surface area (Å²) in [5.41, 5.74) is -0.260. The van der Waals surface area contributed by atoms with Crippen LogP contribution < -0.4 is 5.32 Å². The summed E-state index contributed by atoms with van der Waals surface area (Å²) in [4.78, 5) is 11.1. The van der Waals surface area contributed by atoms with Crippen molar-refractivity contribution in [3.05, 3.63) is 58.6 Å². The lowest BCUT2D eigenvalue weighted by atomic mass is 10.1. The highest BCUT2D eigenvalue weighted by atomic mass is 35.5. The van der Waals surface area contributed by atoms with Crippen LogP contribution in [0.2, 0.25) is 5.02 Å². The highest BCUT2D eigenvalue weighted by Crippen LogP contribution is 2.31. The Balaban J connectivity index is 2.28. The number of nitrogens with one attached hydrogen (secondary N) is 1. The first-order chi connectivity index (χ1) is 9.77. The summed E-state index contributed by atoms with van der Waals surface area (Å²) in [7, 11) is 0. The number of carbonyl (C=O) groups is 1. The second-order valence-corrected chi connectivity index (χ2v) is 4.63. The Morgan fingerprint density at radius 3 is 2.24 bits per heavy atom. The zero-order valence-electron chi connectivity index (χ0n) is 10.4. The molecule has 0 atom stereocenters. The van der Waals surface area contributed by atoms with Gasteiger partial charge in [-0.2, -0.15) is 13.2 Å². The molecule has 0 aromatic heterocycles. The molecule has 0 aliphatic rings. The number of rotatable bonds is 3. The third kappa shape index (κ3) is 3.66. The van der Waals surface area contributed by atoms with Gasteiger partial charge in [-0.25, -0.2) is 4.79 Å². The van der Waals surface area contributed by atoms with Gasteiger partial charge in [0.1, 0.15) is 0 Å².